The van der Waals surface area contributed by atoms with Crippen LogP contribution in [-0.2, 0) is 11.3 Å². The first-order valence-corrected chi connectivity index (χ1v) is 7.86. The fourth-order valence-electron chi connectivity index (χ4n) is 3.14. The molecule has 0 N–H and O–H groups in total. The number of hydrogen-bond donors (Lipinski definition) is 0. The summed E-state index contributed by atoms with van der Waals surface area (Å²) in [6.07, 6.45) is 8.36. The molecule has 0 aliphatic heterocycles. The van der Waals surface area contributed by atoms with E-state index in [2.05, 4.69) is 6.92 Å². The maximum absolute atomic E-state index is 12.4. The number of rotatable bonds is 7. The molecule has 1 saturated carbocycles. The lowest BCUT2D eigenvalue weighted by atomic mass is 9.78. The molecule has 0 spiro atoms. The van der Waals surface area contributed by atoms with Crippen LogP contribution < -0.4 is 0 Å². The lowest BCUT2D eigenvalue weighted by Gasteiger charge is -2.27. The van der Waals surface area contributed by atoms with Crippen LogP contribution in [0.4, 0.5) is 0 Å². The fraction of sp³-hybridized carbons (Fsp3) is 0.706. The van der Waals surface area contributed by atoms with Gasteiger partial charge in [0.2, 0.25) is 5.78 Å². The quantitative estimate of drug-likeness (QED) is 0.684. The Morgan fingerprint density at radius 1 is 1.30 bits per heavy atom. The molecule has 1 aliphatic carbocycles. The minimum Gasteiger partial charge on any atom is -0.456 e. The highest BCUT2D eigenvalue weighted by Gasteiger charge is 2.28. The number of hydrogen-bond acceptors (Lipinski definition) is 3. The predicted octanol–water partition coefficient (Wildman–Crippen LogP) is 4.61. The zero-order valence-corrected chi connectivity index (χ0v) is 12.7. The highest BCUT2D eigenvalue weighted by molar-refractivity contribution is 5.95. The number of furan rings is 1. The highest BCUT2D eigenvalue weighted by atomic mass is 16.5. The maximum Gasteiger partial charge on any atom is 0.201 e. The molecule has 2 rings (SSSR count). The highest BCUT2D eigenvalue weighted by Crippen LogP contribution is 2.33. The number of carbonyl (C=O) groups excluding carboxylic acids is 1. The van der Waals surface area contributed by atoms with Crippen molar-refractivity contribution >= 4 is 5.78 Å². The summed E-state index contributed by atoms with van der Waals surface area (Å²) < 4.78 is 10.6. The van der Waals surface area contributed by atoms with E-state index in [-0.39, 0.29) is 11.7 Å². The third kappa shape index (κ3) is 3.95. The second-order valence-electron chi connectivity index (χ2n) is 5.92. The molecule has 1 heterocycles. The van der Waals surface area contributed by atoms with E-state index < -0.39 is 0 Å². The van der Waals surface area contributed by atoms with E-state index in [1.807, 2.05) is 6.07 Å². The van der Waals surface area contributed by atoms with E-state index in [4.69, 9.17) is 9.15 Å². The summed E-state index contributed by atoms with van der Waals surface area (Å²) in [5.41, 5.74) is 0. The summed E-state index contributed by atoms with van der Waals surface area (Å²) in [6, 6.07) is 3.63. The topological polar surface area (TPSA) is 39.4 Å². The Hall–Kier alpha value is -1.09. The molecule has 1 aromatic heterocycles. The Morgan fingerprint density at radius 3 is 2.70 bits per heavy atom. The molecule has 20 heavy (non-hydrogen) atoms. The summed E-state index contributed by atoms with van der Waals surface area (Å²) >= 11 is 0. The van der Waals surface area contributed by atoms with E-state index in [1.165, 1.54) is 32.1 Å². The first-order chi connectivity index (χ1) is 9.74. The average molecular weight is 278 g/mol. The van der Waals surface area contributed by atoms with Gasteiger partial charge in [-0.3, -0.25) is 4.79 Å². The van der Waals surface area contributed by atoms with Gasteiger partial charge in [0.15, 0.2) is 5.76 Å². The van der Waals surface area contributed by atoms with Crippen molar-refractivity contribution in [3.05, 3.63) is 23.7 Å². The van der Waals surface area contributed by atoms with Gasteiger partial charge in [0, 0.05) is 13.0 Å². The maximum atomic E-state index is 12.4. The van der Waals surface area contributed by atoms with Gasteiger partial charge in [0.1, 0.15) is 12.4 Å². The minimum absolute atomic E-state index is 0.162. The van der Waals surface area contributed by atoms with Crippen LogP contribution in [0.1, 0.15) is 68.2 Å². The zero-order valence-electron chi connectivity index (χ0n) is 12.7. The monoisotopic (exact) mass is 278 g/mol. The number of Topliss-reactive ketones (excluding diaryl/α,β-unsaturated/α-hetero) is 1. The molecule has 1 fully saturated rings. The predicted molar refractivity (Wildman–Crippen MR) is 78.7 cm³/mol. The van der Waals surface area contributed by atoms with Gasteiger partial charge in [-0.2, -0.15) is 0 Å². The van der Waals surface area contributed by atoms with Gasteiger partial charge in [-0.25, -0.2) is 0 Å². The molecule has 0 bridgehead atoms. The molecule has 0 atom stereocenters. The van der Waals surface area contributed by atoms with Crippen LogP contribution >= 0.6 is 0 Å². The van der Waals surface area contributed by atoms with Crippen molar-refractivity contribution in [2.75, 3.05) is 7.11 Å². The summed E-state index contributed by atoms with van der Waals surface area (Å²) in [4.78, 5) is 12.4. The van der Waals surface area contributed by atoms with Crippen molar-refractivity contribution in [3.63, 3.8) is 0 Å². The normalized spacial score (nSPS) is 22.9. The summed E-state index contributed by atoms with van der Waals surface area (Å²) in [5, 5.41) is 0. The van der Waals surface area contributed by atoms with Crippen LogP contribution in [0.15, 0.2) is 16.5 Å². The van der Waals surface area contributed by atoms with Gasteiger partial charge in [0.25, 0.3) is 0 Å². The van der Waals surface area contributed by atoms with Gasteiger partial charge >= 0.3 is 0 Å². The van der Waals surface area contributed by atoms with Crippen molar-refractivity contribution in [2.45, 2.75) is 58.5 Å². The van der Waals surface area contributed by atoms with Gasteiger partial charge in [-0.15, -0.1) is 0 Å². The zero-order chi connectivity index (χ0) is 14.4. The van der Waals surface area contributed by atoms with Crippen LogP contribution in [0.5, 0.6) is 0 Å². The second-order valence-corrected chi connectivity index (χ2v) is 5.92. The Labute approximate surface area is 121 Å². The Balaban J connectivity index is 1.84. The summed E-state index contributed by atoms with van der Waals surface area (Å²) in [7, 11) is 1.63. The summed E-state index contributed by atoms with van der Waals surface area (Å²) in [5.74, 6) is 2.41. The molecule has 1 aliphatic rings. The smallest absolute Gasteiger partial charge is 0.201 e. The third-order valence-electron chi connectivity index (χ3n) is 4.37. The number of unbranched alkanes of at least 4 members (excludes halogenated alkanes) is 1. The molecule has 0 radical (unpaired) electrons. The van der Waals surface area contributed by atoms with Crippen molar-refractivity contribution < 1.29 is 13.9 Å². The molecule has 3 nitrogen and oxygen atoms in total. The van der Waals surface area contributed by atoms with E-state index in [0.717, 1.165) is 24.5 Å². The number of ether oxygens (including phenoxy) is 1. The van der Waals surface area contributed by atoms with Crippen molar-refractivity contribution in [3.8, 4) is 0 Å². The lowest BCUT2D eigenvalue weighted by molar-refractivity contribution is 0.0832. The number of carbonyl (C=O) groups is 1. The standard InChI is InChI=1S/C17H26O3/c1-3-4-5-13-6-8-14(9-7-13)17(18)16-11-10-15(20-16)12-19-2/h10-11,13-14H,3-9,12H2,1-2H3. The van der Waals surface area contributed by atoms with Crippen LogP contribution in [0.2, 0.25) is 0 Å². The van der Waals surface area contributed by atoms with E-state index in [9.17, 15) is 4.79 Å². The van der Waals surface area contributed by atoms with Gasteiger partial charge in [-0.1, -0.05) is 26.2 Å². The van der Waals surface area contributed by atoms with E-state index in [0.29, 0.717) is 12.4 Å². The number of ketones is 1. The van der Waals surface area contributed by atoms with Gasteiger partial charge in [-0.05, 0) is 43.7 Å². The molecular formula is C17H26O3. The fourth-order valence-corrected chi connectivity index (χ4v) is 3.14. The Morgan fingerprint density at radius 2 is 2.05 bits per heavy atom. The molecule has 1 aromatic rings. The molecule has 3 heteroatoms. The van der Waals surface area contributed by atoms with Gasteiger partial charge < -0.3 is 9.15 Å². The molecular weight excluding hydrogens is 252 g/mol. The van der Waals surface area contributed by atoms with Crippen LogP contribution in [0, 0.1) is 11.8 Å². The molecule has 112 valence electrons. The van der Waals surface area contributed by atoms with Crippen molar-refractivity contribution in [1.29, 1.82) is 0 Å². The van der Waals surface area contributed by atoms with Crippen LogP contribution in [-0.4, -0.2) is 12.9 Å². The van der Waals surface area contributed by atoms with E-state index >= 15 is 0 Å². The van der Waals surface area contributed by atoms with Crippen LogP contribution in [0.3, 0.4) is 0 Å². The molecule has 0 aromatic carbocycles. The molecule has 0 amide bonds. The lowest BCUT2D eigenvalue weighted by Crippen LogP contribution is -2.21. The Bertz CT molecular complexity index is 414. The van der Waals surface area contributed by atoms with Crippen molar-refractivity contribution in [2.24, 2.45) is 11.8 Å². The van der Waals surface area contributed by atoms with Crippen LogP contribution in [0.25, 0.3) is 0 Å². The minimum atomic E-state index is 0.162. The van der Waals surface area contributed by atoms with E-state index in [1.54, 1.807) is 13.2 Å². The number of methoxy groups -OCH3 is 1. The van der Waals surface area contributed by atoms with Gasteiger partial charge in [0.05, 0.1) is 0 Å². The van der Waals surface area contributed by atoms with Crippen molar-refractivity contribution in [1.82, 2.24) is 0 Å². The second kappa shape index (κ2) is 7.63. The molecule has 0 saturated heterocycles. The molecule has 0 unspecified atom stereocenters. The first kappa shape index (κ1) is 15.3. The largest absolute Gasteiger partial charge is 0.456 e. The Kier molecular flexibility index (Phi) is 5.84. The SMILES string of the molecule is CCCCC1CCC(C(=O)c2ccc(COC)o2)CC1. The summed E-state index contributed by atoms with van der Waals surface area (Å²) in [6.45, 7) is 2.67. The average Bonchev–Trinajstić information content (AvgIpc) is 2.94. The first-order valence-electron chi connectivity index (χ1n) is 7.86. The third-order valence-corrected chi connectivity index (χ3v) is 4.37.